The lowest BCUT2D eigenvalue weighted by atomic mass is 9.85. The second kappa shape index (κ2) is 5.96. The highest BCUT2D eigenvalue weighted by molar-refractivity contribution is 6.33. The van der Waals surface area contributed by atoms with Crippen LogP contribution >= 0.6 is 11.6 Å². The van der Waals surface area contributed by atoms with E-state index in [1.165, 1.54) is 25.7 Å². The number of carbonyl (C=O) groups is 1. The summed E-state index contributed by atoms with van der Waals surface area (Å²) in [7, 11) is 2.11. The van der Waals surface area contributed by atoms with Crippen molar-refractivity contribution in [1.82, 2.24) is 0 Å². The van der Waals surface area contributed by atoms with E-state index >= 15 is 0 Å². The van der Waals surface area contributed by atoms with E-state index < -0.39 is 0 Å². The fraction of sp³-hybridized carbons (Fsp3) is 0.562. The fourth-order valence-electron chi connectivity index (χ4n) is 3.06. The largest absolute Gasteiger partial charge is 0.370 e. The first kappa shape index (κ1) is 14.4. The Kier molecular flexibility index (Phi) is 4.51. The molecule has 0 bridgehead atoms. The number of anilines is 1. The van der Waals surface area contributed by atoms with Gasteiger partial charge in [0.2, 0.25) is 0 Å². The van der Waals surface area contributed by atoms with Gasteiger partial charge in [0.15, 0.2) is 5.78 Å². The van der Waals surface area contributed by atoms with Crippen LogP contribution in [0.3, 0.4) is 0 Å². The van der Waals surface area contributed by atoms with E-state index in [9.17, 15) is 4.79 Å². The summed E-state index contributed by atoms with van der Waals surface area (Å²) in [6.07, 6.45) is 5.14. The second-order valence-electron chi connectivity index (χ2n) is 5.66. The molecule has 1 fully saturated rings. The van der Waals surface area contributed by atoms with E-state index in [0.29, 0.717) is 22.5 Å². The SMILES string of the molecule is CC(=O)c1ccc(N(C)C2CCCCC2C)c(Cl)c1. The number of benzene rings is 1. The highest BCUT2D eigenvalue weighted by atomic mass is 35.5. The predicted octanol–water partition coefficient (Wildman–Crippen LogP) is 4.56. The Morgan fingerprint density at radius 2 is 2.00 bits per heavy atom. The standard InChI is InChI=1S/C16H22ClNO/c1-11-6-4-5-7-15(11)18(3)16-9-8-13(12(2)19)10-14(16)17/h8-11,15H,4-7H2,1-3H3. The minimum atomic E-state index is 0.0575. The molecule has 2 nitrogen and oxygen atoms in total. The van der Waals surface area contributed by atoms with Crippen LogP contribution < -0.4 is 4.90 Å². The first-order valence-corrected chi connectivity index (χ1v) is 7.42. The number of carbonyl (C=O) groups excluding carboxylic acids is 1. The molecule has 1 aromatic carbocycles. The van der Waals surface area contributed by atoms with Crippen LogP contribution in [0.15, 0.2) is 18.2 Å². The van der Waals surface area contributed by atoms with Gasteiger partial charge in [-0.3, -0.25) is 4.79 Å². The van der Waals surface area contributed by atoms with Crippen LogP contribution in [-0.4, -0.2) is 18.9 Å². The molecule has 0 spiro atoms. The lowest BCUT2D eigenvalue weighted by Gasteiger charge is -2.38. The van der Waals surface area contributed by atoms with Crippen LogP contribution in [0.5, 0.6) is 0 Å². The van der Waals surface area contributed by atoms with Crippen LogP contribution in [-0.2, 0) is 0 Å². The number of rotatable bonds is 3. The zero-order chi connectivity index (χ0) is 14.0. The number of Topliss-reactive ketones (excluding diaryl/α,β-unsaturated/α-hetero) is 1. The van der Waals surface area contributed by atoms with Gasteiger partial charge in [0.05, 0.1) is 10.7 Å². The van der Waals surface area contributed by atoms with E-state index in [1.807, 2.05) is 12.1 Å². The van der Waals surface area contributed by atoms with E-state index in [1.54, 1.807) is 13.0 Å². The normalized spacial score (nSPS) is 23.2. The van der Waals surface area contributed by atoms with E-state index in [-0.39, 0.29) is 5.78 Å². The molecule has 1 saturated carbocycles. The van der Waals surface area contributed by atoms with Gasteiger partial charge in [0.25, 0.3) is 0 Å². The first-order valence-electron chi connectivity index (χ1n) is 7.04. The smallest absolute Gasteiger partial charge is 0.159 e. The van der Waals surface area contributed by atoms with Crippen molar-refractivity contribution in [3.63, 3.8) is 0 Å². The third kappa shape index (κ3) is 3.11. The molecular weight excluding hydrogens is 258 g/mol. The van der Waals surface area contributed by atoms with Crippen molar-refractivity contribution in [2.45, 2.75) is 45.6 Å². The number of halogens is 1. The van der Waals surface area contributed by atoms with Gasteiger partial charge in [-0.1, -0.05) is 31.4 Å². The fourth-order valence-corrected chi connectivity index (χ4v) is 3.38. The number of hydrogen-bond acceptors (Lipinski definition) is 2. The van der Waals surface area contributed by atoms with Gasteiger partial charge in [-0.15, -0.1) is 0 Å². The Morgan fingerprint density at radius 1 is 1.32 bits per heavy atom. The monoisotopic (exact) mass is 279 g/mol. The summed E-state index contributed by atoms with van der Waals surface area (Å²) in [5, 5.41) is 0.674. The molecule has 1 aliphatic rings. The average Bonchev–Trinajstić information content (AvgIpc) is 2.38. The first-order chi connectivity index (χ1) is 9.00. The molecule has 2 atom stereocenters. The van der Waals surface area contributed by atoms with E-state index in [4.69, 9.17) is 11.6 Å². The van der Waals surface area contributed by atoms with Gasteiger partial charge in [-0.2, -0.15) is 0 Å². The minimum Gasteiger partial charge on any atom is -0.370 e. The molecule has 2 unspecified atom stereocenters. The van der Waals surface area contributed by atoms with Crippen molar-refractivity contribution in [2.75, 3.05) is 11.9 Å². The summed E-state index contributed by atoms with van der Waals surface area (Å²) in [6, 6.07) is 6.17. The number of ketones is 1. The Morgan fingerprint density at radius 3 is 2.58 bits per heavy atom. The summed E-state index contributed by atoms with van der Waals surface area (Å²) in [5.41, 5.74) is 1.71. The number of nitrogens with zero attached hydrogens (tertiary/aromatic N) is 1. The molecule has 0 amide bonds. The average molecular weight is 280 g/mol. The molecule has 3 heteroatoms. The molecular formula is C16H22ClNO. The Bertz CT molecular complexity index is 472. The molecule has 0 saturated heterocycles. The van der Waals surface area contributed by atoms with Gasteiger partial charge >= 0.3 is 0 Å². The summed E-state index contributed by atoms with van der Waals surface area (Å²) in [5.74, 6) is 0.754. The second-order valence-corrected chi connectivity index (χ2v) is 6.07. The Hall–Kier alpha value is -1.02. The molecule has 19 heavy (non-hydrogen) atoms. The molecule has 0 radical (unpaired) electrons. The third-order valence-electron chi connectivity index (χ3n) is 4.30. The van der Waals surface area contributed by atoms with Crippen LogP contribution in [0.4, 0.5) is 5.69 Å². The highest BCUT2D eigenvalue weighted by Crippen LogP contribution is 2.34. The molecule has 0 N–H and O–H groups in total. The van der Waals surface area contributed by atoms with Crippen LogP contribution in [0, 0.1) is 5.92 Å². The lowest BCUT2D eigenvalue weighted by Crippen LogP contribution is -2.39. The van der Waals surface area contributed by atoms with Crippen molar-refractivity contribution in [1.29, 1.82) is 0 Å². The van der Waals surface area contributed by atoms with E-state index in [0.717, 1.165) is 5.69 Å². The Labute approximate surface area is 120 Å². The van der Waals surface area contributed by atoms with Crippen LogP contribution in [0.1, 0.15) is 49.9 Å². The zero-order valence-corrected chi connectivity index (χ0v) is 12.7. The predicted molar refractivity (Wildman–Crippen MR) is 81.3 cm³/mol. The van der Waals surface area contributed by atoms with Gasteiger partial charge in [-0.05, 0) is 43.9 Å². The molecule has 2 rings (SSSR count). The summed E-state index contributed by atoms with van der Waals surface area (Å²) >= 11 is 6.34. The van der Waals surface area contributed by atoms with Crippen LogP contribution in [0.25, 0.3) is 0 Å². The summed E-state index contributed by atoms with van der Waals surface area (Å²) < 4.78 is 0. The van der Waals surface area contributed by atoms with Crippen molar-refractivity contribution < 1.29 is 4.79 Å². The number of hydrogen-bond donors (Lipinski definition) is 0. The highest BCUT2D eigenvalue weighted by Gasteiger charge is 2.26. The van der Waals surface area contributed by atoms with E-state index in [2.05, 4.69) is 18.9 Å². The van der Waals surface area contributed by atoms with Crippen molar-refractivity contribution in [3.8, 4) is 0 Å². The maximum Gasteiger partial charge on any atom is 0.159 e. The minimum absolute atomic E-state index is 0.0575. The van der Waals surface area contributed by atoms with Crippen molar-refractivity contribution >= 4 is 23.1 Å². The maximum atomic E-state index is 11.4. The molecule has 1 aromatic rings. The quantitative estimate of drug-likeness (QED) is 0.756. The molecule has 0 aromatic heterocycles. The summed E-state index contributed by atoms with van der Waals surface area (Å²) in [4.78, 5) is 13.6. The third-order valence-corrected chi connectivity index (χ3v) is 4.60. The maximum absolute atomic E-state index is 11.4. The Balaban J connectivity index is 2.23. The van der Waals surface area contributed by atoms with Gasteiger partial charge in [-0.25, -0.2) is 0 Å². The van der Waals surface area contributed by atoms with Crippen molar-refractivity contribution in [2.24, 2.45) is 5.92 Å². The zero-order valence-electron chi connectivity index (χ0n) is 11.9. The van der Waals surface area contributed by atoms with Gasteiger partial charge in [0, 0.05) is 18.7 Å². The molecule has 1 aliphatic carbocycles. The van der Waals surface area contributed by atoms with Gasteiger partial charge < -0.3 is 4.90 Å². The molecule has 0 heterocycles. The van der Waals surface area contributed by atoms with Gasteiger partial charge in [0.1, 0.15) is 0 Å². The van der Waals surface area contributed by atoms with Crippen molar-refractivity contribution in [3.05, 3.63) is 28.8 Å². The molecule has 0 aliphatic heterocycles. The van der Waals surface area contributed by atoms with Crippen LogP contribution in [0.2, 0.25) is 5.02 Å². The topological polar surface area (TPSA) is 20.3 Å². The lowest BCUT2D eigenvalue weighted by molar-refractivity contribution is 0.101. The molecule has 104 valence electrons. The summed E-state index contributed by atoms with van der Waals surface area (Å²) in [6.45, 7) is 3.89.